The van der Waals surface area contributed by atoms with E-state index in [1.54, 1.807) is 0 Å². The number of hydrogen-bond donors (Lipinski definition) is 0. The minimum absolute atomic E-state index is 0.0204. The predicted octanol–water partition coefficient (Wildman–Crippen LogP) is 3.40. The molecule has 2 rings (SSSR count). The van der Waals surface area contributed by atoms with Gasteiger partial charge in [-0.3, -0.25) is 9.78 Å². The molecule has 2 nitrogen and oxygen atoms in total. The van der Waals surface area contributed by atoms with Crippen LogP contribution in [0.2, 0.25) is 0 Å². The standard InChI is InChI=1S/C12H3F6NO/c13-5-2-19-6(1-4(5)3-20)7-8(14)10(16)12(18)11(17)9(7)15/h1-3H. The van der Waals surface area contributed by atoms with Crippen LogP contribution in [0.25, 0.3) is 11.3 Å². The fraction of sp³-hybridized carbons (Fsp3) is 0. The number of pyridine rings is 1. The Morgan fingerprint density at radius 1 is 0.850 bits per heavy atom. The van der Waals surface area contributed by atoms with E-state index in [4.69, 9.17) is 0 Å². The molecule has 0 amide bonds. The summed E-state index contributed by atoms with van der Waals surface area (Å²) in [6.45, 7) is 0. The molecule has 0 radical (unpaired) electrons. The van der Waals surface area contributed by atoms with Crippen LogP contribution in [-0.2, 0) is 0 Å². The second kappa shape index (κ2) is 4.95. The van der Waals surface area contributed by atoms with Crippen molar-refractivity contribution in [2.45, 2.75) is 0 Å². The summed E-state index contributed by atoms with van der Waals surface area (Å²) in [7, 11) is 0. The average molecular weight is 291 g/mol. The number of benzene rings is 1. The maximum Gasteiger partial charge on any atom is 0.200 e. The zero-order chi connectivity index (χ0) is 15.0. The van der Waals surface area contributed by atoms with Gasteiger partial charge >= 0.3 is 0 Å². The number of carbonyl (C=O) groups is 1. The summed E-state index contributed by atoms with van der Waals surface area (Å²) in [6, 6.07) is 0.584. The molecule has 0 saturated carbocycles. The number of aromatic nitrogens is 1. The van der Waals surface area contributed by atoms with Gasteiger partial charge in [0.1, 0.15) is 0 Å². The van der Waals surface area contributed by atoms with E-state index < -0.39 is 51.7 Å². The summed E-state index contributed by atoms with van der Waals surface area (Å²) in [5.74, 6) is -11.9. The van der Waals surface area contributed by atoms with Gasteiger partial charge in [0, 0.05) is 0 Å². The number of carbonyl (C=O) groups excluding carboxylic acids is 1. The highest BCUT2D eigenvalue weighted by atomic mass is 19.2. The van der Waals surface area contributed by atoms with Crippen molar-refractivity contribution in [3.63, 3.8) is 0 Å². The lowest BCUT2D eigenvalue weighted by atomic mass is 10.1. The molecule has 2 aromatic rings. The third-order valence-electron chi connectivity index (χ3n) is 2.48. The number of halogens is 6. The number of nitrogens with zero attached hydrogens (tertiary/aromatic N) is 1. The Hall–Kier alpha value is -2.38. The largest absolute Gasteiger partial charge is 0.298 e. The Balaban J connectivity index is 2.79. The molecule has 0 spiro atoms. The van der Waals surface area contributed by atoms with Crippen LogP contribution >= 0.6 is 0 Å². The SMILES string of the molecule is O=Cc1cc(-c2c(F)c(F)c(F)c(F)c2F)ncc1F. The van der Waals surface area contributed by atoms with Crippen LogP contribution in [0, 0.1) is 34.9 Å². The zero-order valence-electron chi connectivity index (χ0n) is 9.36. The lowest BCUT2D eigenvalue weighted by molar-refractivity contribution is 0.111. The molecule has 0 saturated heterocycles. The molecular formula is C12H3F6NO. The first-order valence-corrected chi connectivity index (χ1v) is 5.01. The van der Waals surface area contributed by atoms with Crippen LogP contribution in [0.3, 0.4) is 0 Å². The lowest BCUT2D eigenvalue weighted by Gasteiger charge is -2.08. The summed E-state index contributed by atoms with van der Waals surface area (Å²) in [4.78, 5) is 13.7. The number of rotatable bonds is 2. The van der Waals surface area contributed by atoms with E-state index in [9.17, 15) is 31.1 Å². The topological polar surface area (TPSA) is 30.0 Å². The molecule has 0 aliphatic heterocycles. The second-order valence-electron chi connectivity index (χ2n) is 3.65. The molecule has 0 atom stereocenters. The van der Waals surface area contributed by atoms with Crippen molar-refractivity contribution in [1.29, 1.82) is 0 Å². The summed E-state index contributed by atoms with van der Waals surface area (Å²) >= 11 is 0. The molecular weight excluding hydrogens is 288 g/mol. The van der Waals surface area contributed by atoms with Crippen molar-refractivity contribution in [2.24, 2.45) is 0 Å². The van der Waals surface area contributed by atoms with Gasteiger partial charge in [0.2, 0.25) is 5.82 Å². The van der Waals surface area contributed by atoms with Crippen molar-refractivity contribution in [1.82, 2.24) is 4.98 Å². The van der Waals surface area contributed by atoms with Crippen LogP contribution in [0.15, 0.2) is 12.3 Å². The van der Waals surface area contributed by atoms with Gasteiger partial charge in [-0.25, -0.2) is 26.3 Å². The van der Waals surface area contributed by atoms with Crippen molar-refractivity contribution < 1.29 is 31.1 Å². The van der Waals surface area contributed by atoms with E-state index in [-0.39, 0.29) is 6.29 Å². The highest BCUT2D eigenvalue weighted by Crippen LogP contribution is 2.30. The van der Waals surface area contributed by atoms with Crippen LogP contribution in [0.5, 0.6) is 0 Å². The predicted molar refractivity (Wildman–Crippen MR) is 54.8 cm³/mol. The third-order valence-corrected chi connectivity index (χ3v) is 2.48. The molecule has 8 heteroatoms. The average Bonchev–Trinajstić information content (AvgIpc) is 2.45. The van der Waals surface area contributed by atoms with Gasteiger partial charge in [0.05, 0.1) is 23.0 Å². The van der Waals surface area contributed by atoms with E-state index >= 15 is 0 Å². The molecule has 20 heavy (non-hydrogen) atoms. The fourth-order valence-corrected chi connectivity index (χ4v) is 1.51. The Morgan fingerprint density at radius 2 is 1.35 bits per heavy atom. The number of aldehydes is 1. The normalized spacial score (nSPS) is 10.7. The first-order chi connectivity index (χ1) is 9.38. The van der Waals surface area contributed by atoms with Crippen LogP contribution in [0.4, 0.5) is 26.3 Å². The molecule has 0 N–H and O–H groups in total. The monoisotopic (exact) mass is 291 g/mol. The van der Waals surface area contributed by atoms with Crippen LogP contribution in [-0.4, -0.2) is 11.3 Å². The van der Waals surface area contributed by atoms with Crippen molar-refractivity contribution in [2.75, 3.05) is 0 Å². The maximum absolute atomic E-state index is 13.5. The fourth-order valence-electron chi connectivity index (χ4n) is 1.51. The molecule has 1 aromatic carbocycles. The molecule has 104 valence electrons. The minimum atomic E-state index is -2.32. The van der Waals surface area contributed by atoms with Crippen LogP contribution < -0.4 is 0 Å². The molecule has 0 aliphatic rings. The summed E-state index contributed by atoms with van der Waals surface area (Å²) in [6.07, 6.45) is 0.462. The molecule has 0 aliphatic carbocycles. The van der Waals surface area contributed by atoms with Gasteiger partial charge in [0.15, 0.2) is 35.4 Å². The van der Waals surface area contributed by atoms with Gasteiger partial charge in [-0.2, -0.15) is 0 Å². The van der Waals surface area contributed by atoms with Gasteiger partial charge in [-0.05, 0) is 6.07 Å². The molecule has 0 bridgehead atoms. The second-order valence-corrected chi connectivity index (χ2v) is 3.65. The molecule has 1 heterocycles. The van der Waals surface area contributed by atoms with Gasteiger partial charge in [-0.1, -0.05) is 0 Å². The smallest absolute Gasteiger partial charge is 0.200 e. The summed E-state index contributed by atoms with van der Waals surface area (Å²) in [5.41, 5.74) is -2.70. The van der Waals surface area contributed by atoms with Gasteiger partial charge < -0.3 is 0 Å². The molecule has 1 aromatic heterocycles. The third kappa shape index (κ3) is 2.02. The Bertz CT molecular complexity index is 687. The Kier molecular flexibility index (Phi) is 3.47. The van der Waals surface area contributed by atoms with E-state index in [2.05, 4.69) is 4.98 Å². The number of hydrogen-bond acceptors (Lipinski definition) is 2. The highest BCUT2D eigenvalue weighted by Gasteiger charge is 2.27. The van der Waals surface area contributed by atoms with E-state index in [0.717, 1.165) is 0 Å². The van der Waals surface area contributed by atoms with E-state index in [1.165, 1.54) is 0 Å². The van der Waals surface area contributed by atoms with Crippen LogP contribution in [0.1, 0.15) is 10.4 Å². The van der Waals surface area contributed by atoms with Gasteiger partial charge in [0.25, 0.3) is 0 Å². The Labute approximate surface area is 107 Å². The maximum atomic E-state index is 13.5. The van der Waals surface area contributed by atoms with Gasteiger partial charge in [-0.15, -0.1) is 0 Å². The zero-order valence-corrected chi connectivity index (χ0v) is 9.36. The van der Waals surface area contributed by atoms with E-state index in [1.807, 2.05) is 0 Å². The first-order valence-electron chi connectivity index (χ1n) is 5.01. The van der Waals surface area contributed by atoms with E-state index in [0.29, 0.717) is 12.3 Å². The first kappa shape index (κ1) is 14.0. The Morgan fingerprint density at radius 3 is 1.85 bits per heavy atom. The summed E-state index contributed by atoms with van der Waals surface area (Å²) < 4.78 is 78.9. The van der Waals surface area contributed by atoms with Crippen molar-refractivity contribution >= 4 is 6.29 Å². The lowest BCUT2D eigenvalue weighted by Crippen LogP contribution is -2.05. The molecule has 0 unspecified atom stereocenters. The van der Waals surface area contributed by atoms with Crippen molar-refractivity contribution in [3.05, 3.63) is 52.7 Å². The highest BCUT2D eigenvalue weighted by molar-refractivity contribution is 5.78. The quantitative estimate of drug-likeness (QED) is 0.367. The molecule has 0 fully saturated rings. The minimum Gasteiger partial charge on any atom is -0.298 e. The van der Waals surface area contributed by atoms with Crippen molar-refractivity contribution in [3.8, 4) is 11.3 Å². The summed E-state index contributed by atoms with van der Waals surface area (Å²) in [5, 5.41) is 0.